The Morgan fingerprint density at radius 3 is 2.21 bits per heavy atom. The predicted molar refractivity (Wildman–Crippen MR) is 132 cm³/mol. The minimum absolute atomic E-state index is 0.00830. The van der Waals surface area contributed by atoms with Crippen LogP contribution in [0.2, 0.25) is 0 Å². The quantitative estimate of drug-likeness (QED) is 0.203. The molecule has 6 nitrogen and oxygen atoms in total. The Kier molecular flexibility index (Phi) is 8.22. The van der Waals surface area contributed by atoms with Crippen molar-refractivity contribution in [1.29, 1.82) is 0 Å². The van der Waals surface area contributed by atoms with Crippen molar-refractivity contribution in [2.75, 3.05) is 0 Å². The van der Waals surface area contributed by atoms with Crippen molar-refractivity contribution < 1.29 is 49.6 Å². The second kappa shape index (κ2) is 10.4. The van der Waals surface area contributed by atoms with Gasteiger partial charge < -0.3 is 9.84 Å². The summed E-state index contributed by atoms with van der Waals surface area (Å²) in [6.45, 7) is 6.61. The normalized spacial score (nSPS) is 40.7. The molecular formula is C27H41F5O6S. The van der Waals surface area contributed by atoms with Crippen LogP contribution in [0.1, 0.15) is 91.4 Å². The zero-order valence-electron chi connectivity index (χ0n) is 22.7. The number of hydrogen-bond acceptors (Lipinski definition) is 5. The van der Waals surface area contributed by atoms with Crippen LogP contribution >= 0.6 is 0 Å². The molecule has 0 aromatic carbocycles. The molecule has 0 aromatic heterocycles. The van der Waals surface area contributed by atoms with Gasteiger partial charge in [-0.2, -0.15) is 30.4 Å². The molecule has 39 heavy (non-hydrogen) atoms. The van der Waals surface area contributed by atoms with E-state index in [1.807, 2.05) is 6.92 Å². The number of esters is 1. The molecule has 226 valence electrons. The van der Waals surface area contributed by atoms with Gasteiger partial charge in [-0.3, -0.25) is 9.35 Å². The van der Waals surface area contributed by atoms with E-state index in [9.17, 15) is 40.3 Å². The number of rotatable bonds is 7. The largest absolute Gasteiger partial charge is 0.445 e. The molecular weight excluding hydrogens is 547 g/mol. The van der Waals surface area contributed by atoms with Crippen molar-refractivity contribution in [2.24, 2.45) is 46.3 Å². The first-order valence-corrected chi connectivity index (χ1v) is 15.6. The van der Waals surface area contributed by atoms with Gasteiger partial charge in [0.2, 0.25) is 0 Å². The number of carbonyl (C=O) groups is 1. The van der Waals surface area contributed by atoms with Gasteiger partial charge in [-0.1, -0.05) is 20.8 Å². The molecule has 0 heterocycles. The smallest absolute Gasteiger partial charge is 0.432 e. The maximum Gasteiger partial charge on any atom is 0.432 e. The van der Waals surface area contributed by atoms with Crippen LogP contribution in [0.15, 0.2) is 0 Å². The second-order valence-corrected chi connectivity index (χ2v) is 14.8. The van der Waals surface area contributed by atoms with Gasteiger partial charge in [0.1, 0.15) is 0 Å². The molecule has 4 fully saturated rings. The first-order valence-electron chi connectivity index (χ1n) is 14.1. The lowest BCUT2D eigenvalue weighted by atomic mass is 9.44. The Morgan fingerprint density at radius 1 is 0.974 bits per heavy atom. The lowest BCUT2D eigenvalue weighted by Gasteiger charge is -2.61. The van der Waals surface area contributed by atoms with Crippen LogP contribution in [0.3, 0.4) is 0 Å². The molecule has 4 aliphatic rings. The number of aliphatic hydroxyl groups excluding tert-OH is 1. The van der Waals surface area contributed by atoms with Gasteiger partial charge in [0.15, 0.2) is 0 Å². The number of halogens is 5. The summed E-state index contributed by atoms with van der Waals surface area (Å²) in [6, 6.07) is 0. The molecule has 0 aliphatic heterocycles. The summed E-state index contributed by atoms with van der Waals surface area (Å²) in [5, 5.41) is 4.52. The van der Waals surface area contributed by atoms with E-state index in [0.717, 1.165) is 57.8 Å². The summed E-state index contributed by atoms with van der Waals surface area (Å²) >= 11 is 0. The van der Waals surface area contributed by atoms with E-state index in [1.165, 1.54) is 0 Å². The Morgan fingerprint density at radius 2 is 1.59 bits per heavy atom. The van der Waals surface area contributed by atoms with Crippen LogP contribution in [-0.2, 0) is 19.6 Å². The highest BCUT2D eigenvalue weighted by Crippen LogP contribution is 2.68. The Labute approximate surface area is 227 Å². The van der Waals surface area contributed by atoms with Crippen LogP contribution in [-0.4, -0.2) is 47.7 Å². The van der Waals surface area contributed by atoms with Crippen molar-refractivity contribution in [3.63, 3.8) is 0 Å². The SMILES string of the molecule is C[C@H](CCC(=O)OC(C(F)(F)F)C(F)(F)S(=O)(=O)O)[C@H]1CC[C@H]2[C@@H]3CCC4C[C@H](O)CC[C@]4(C)[C@H]3CC[C@]12C. The van der Waals surface area contributed by atoms with E-state index < -0.39 is 40.0 Å². The zero-order chi connectivity index (χ0) is 29.2. The van der Waals surface area contributed by atoms with Crippen LogP contribution < -0.4 is 0 Å². The maximum absolute atomic E-state index is 13.8. The molecule has 2 unspecified atom stereocenters. The highest BCUT2D eigenvalue weighted by atomic mass is 32.2. The first kappa shape index (κ1) is 30.9. The van der Waals surface area contributed by atoms with E-state index in [2.05, 4.69) is 18.6 Å². The van der Waals surface area contributed by atoms with E-state index in [0.29, 0.717) is 23.7 Å². The molecule has 0 radical (unpaired) electrons. The van der Waals surface area contributed by atoms with Gasteiger partial charge in [0, 0.05) is 6.42 Å². The number of carbonyl (C=O) groups excluding carboxylic acids is 1. The summed E-state index contributed by atoms with van der Waals surface area (Å²) < 4.78 is 101. The summed E-state index contributed by atoms with van der Waals surface area (Å²) in [5.41, 5.74) is 0.241. The van der Waals surface area contributed by atoms with Gasteiger partial charge in [-0.15, -0.1) is 0 Å². The summed E-state index contributed by atoms with van der Waals surface area (Å²) in [4.78, 5) is 12.2. The molecule has 0 amide bonds. The Balaban J connectivity index is 1.40. The van der Waals surface area contributed by atoms with Crippen molar-refractivity contribution >= 4 is 16.1 Å². The van der Waals surface area contributed by atoms with Crippen LogP contribution in [0.25, 0.3) is 0 Å². The van der Waals surface area contributed by atoms with Gasteiger partial charge >= 0.3 is 27.5 Å². The minimum atomic E-state index is -6.46. The fourth-order valence-corrected chi connectivity index (χ4v) is 9.86. The van der Waals surface area contributed by atoms with E-state index in [4.69, 9.17) is 4.55 Å². The molecule has 0 bridgehead atoms. The fraction of sp³-hybridized carbons (Fsp3) is 0.963. The molecule has 0 aromatic rings. The Bertz CT molecular complexity index is 1030. The van der Waals surface area contributed by atoms with Crippen molar-refractivity contribution in [1.82, 2.24) is 0 Å². The van der Waals surface area contributed by atoms with E-state index >= 15 is 0 Å². The third kappa shape index (κ3) is 5.47. The first-order chi connectivity index (χ1) is 17.8. The number of fused-ring (bicyclic) bond motifs is 5. The molecule has 0 spiro atoms. The Hall–Kier alpha value is -1.01. The maximum atomic E-state index is 13.8. The molecule has 4 rings (SSSR count). The molecule has 10 atom stereocenters. The van der Waals surface area contributed by atoms with E-state index in [-0.39, 0.29) is 35.2 Å². The van der Waals surface area contributed by atoms with Crippen LogP contribution in [0.4, 0.5) is 22.0 Å². The predicted octanol–water partition coefficient (Wildman–Crippen LogP) is 6.38. The molecule has 2 N–H and O–H groups in total. The van der Waals surface area contributed by atoms with Gasteiger partial charge in [-0.25, -0.2) is 0 Å². The monoisotopic (exact) mass is 588 g/mol. The van der Waals surface area contributed by atoms with Gasteiger partial charge in [-0.05, 0) is 111 Å². The average molecular weight is 589 g/mol. The molecule has 0 saturated heterocycles. The topological polar surface area (TPSA) is 101 Å². The number of ether oxygens (including phenoxy) is 1. The van der Waals surface area contributed by atoms with Gasteiger partial charge in [0.25, 0.3) is 6.10 Å². The molecule has 4 aliphatic carbocycles. The van der Waals surface area contributed by atoms with Crippen molar-refractivity contribution in [2.45, 2.75) is 115 Å². The van der Waals surface area contributed by atoms with Crippen LogP contribution in [0, 0.1) is 46.3 Å². The second-order valence-electron chi connectivity index (χ2n) is 13.3. The molecule has 4 saturated carbocycles. The minimum Gasteiger partial charge on any atom is -0.445 e. The van der Waals surface area contributed by atoms with Gasteiger partial charge in [0.05, 0.1) is 6.10 Å². The fourth-order valence-electron chi connectivity index (χ4n) is 9.41. The summed E-state index contributed by atoms with van der Waals surface area (Å²) in [6.07, 6.45) is -1.76. The van der Waals surface area contributed by atoms with Crippen molar-refractivity contribution in [3.8, 4) is 0 Å². The van der Waals surface area contributed by atoms with Crippen molar-refractivity contribution in [3.05, 3.63) is 0 Å². The van der Waals surface area contributed by atoms with E-state index in [1.54, 1.807) is 0 Å². The molecule has 12 heteroatoms. The highest BCUT2D eigenvalue weighted by molar-refractivity contribution is 7.86. The third-order valence-corrected chi connectivity index (χ3v) is 12.3. The number of alkyl halides is 5. The third-order valence-electron chi connectivity index (χ3n) is 11.4. The number of hydrogen-bond donors (Lipinski definition) is 2. The number of aliphatic hydroxyl groups is 1. The lowest BCUT2D eigenvalue weighted by Crippen LogP contribution is -2.54. The lowest BCUT2D eigenvalue weighted by molar-refractivity contribution is -0.259. The summed E-state index contributed by atoms with van der Waals surface area (Å²) in [5.74, 6) is 0.792. The standard InChI is InChI=1S/C27H41F5O6S/c1-15(4-9-22(34)38-23(26(28,29)30)27(31,32)39(35,36)37)19-7-8-20-18-6-5-16-14-17(33)10-12-24(16,2)21(18)11-13-25(19,20)3/h15-21,23,33H,4-14H2,1-3H3,(H,35,36,37)/t15-,16?,17-,18+,19-,20+,21+,23?,24+,25-/m1/s1. The average Bonchev–Trinajstić information content (AvgIpc) is 3.17. The summed E-state index contributed by atoms with van der Waals surface area (Å²) in [7, 11) is -6.46. The zero-order valence-corrected chi connectivity index (χ0v) is 23.5. The highest BCUT2D eigenvalue weighted by Gasteiger charge is 2.66. The van der Waals surface area contributed by atoms with Crippen LogP contribution in [0.5, 0.6) is 0 Å².